The smallest absolute Gasteiger partial charge is 0.239 e. The molecule has 6 heteroatoms. The van der Waals surface area contributed by atoms with Crippen molar-refractivity contribution in [3.63, 3.8) is 0 Å². The minimum atomic E-state index is 0.0500. The first kappa shape index (κ1) is 20.6. The molecular weight excluding hydrogens is 350 g/mol. The number of amides is 1. The topological polar surface area (TPSA) is 68.8 Å². The number of nitrogens with one attached hydrogen (secondary N) is 3. The van der Waals surface area contributed by atoms with E-state index >= 15 is 0 Å². The highest BCUT2D eigenvalue weighted by molar-refractivity contribution is 5.86. The Morgan fingerprint density at radius 3 is 2.46 bits per heavy atom. The molecule has 1 aromatic rings. The number of rotatable bonds is 7. The van der Waals surface area contributed by atoms with E-state index in [1.165, 1.54) is 37.7 Å². The van der Waals surface area contributed by atoms with Crippen LogP contribution in [0.2, 0.25) is 0 Å². The summed E-state index contributed by atoms with van der Waals surface area (Å²) in [5, 5.41) is 9.73. The van der Waals surface area contributed by atoms with E-state index in [-0.39, 0.29) is 12.5 Å². The van der Waals surface area contributed by atoms with Crippen LogP contribution in [0.4, 0.5) is 0 Å². The summed E-state index contributed by atoms with van der Waals surface area (Å²) in [6.07, 6.45) is 8.47. The van der Waals surface area contributed by atoms with Gasteiger partial charge in [-0.25, -0.2) is 0 Å². The molecule has 1 atom stereocenters. The minimum absolute atomic E-state index is 0.0500. The van der Waals surface area contributed by atoms with E-state index < -0.39 is 0 Å². The van der Waals surface area contributed by atoms with Crippen molar-refractivity contribution in [1.82, 2.24) is 20.9 Å². The maximum Gasteiger partial charge on any atom is 0.239 e. The van der Waals surface area contributed by atoms with Crippen LogP contribution in [0.1, 0.15) is 56.6 Å². The van der Waals surface area contributed by atoms with Gasteiger partial charge in [0.2, 0.25) is 5.91 Å². The van der Waals surface area contributed by atoms with Crippen molar-refractivity contribution < 1.29 is 4.79 Å². The second-order valence-corrected chi connectivity index (χ2v) is 7.88. The molecule has 1 aromatic carbocycles. The number of hydrogen-bond donors (Lipinski definition) is 3. The van der Waals surface area contributed by atoms with Crippen LogP contribution < -0.4 is 16.0 Å². The molecule has 1 aliphatic heterocycles. The number of likely N-dealkylation sites (tertiary alicyclic amines) is 1. The van der Waals surface area contributed by atoms with E-state index in [9.17, 15) is 4.79 Å². The summed E-state index contributed by atoms with van der Waals surface area (Å²) in [5.74, 6) is 0.730. The normalized spacial score (nSPS) is 20.0. The van der Waals surface area contributed by atoms with Crippen molar-refractivity contribution in [2.75, 3.05) is 33.2 Å². The van der Waals surface area contributed by atoms with Gasteiger partial charge in [0, 0.05) is 19.6 Å². The third-order valence-electron chi connectivity index (χ3n) is 5.84. The standard InChI is InChI=1S/C22H35N5O/c1-23-22(25-17-21(28)26-19-12-6-3-7-13-19)24-16-20(27-14-8-9-15-27)18-10-4-2-5-11-18/h2,4-5,10-11,19-20H,3,6-9,12-17H2,1H3,(H,26,28)(H2,23,24,25). The maximum atomic E-state index is 12.2. The third kappa shape index (κ3) is 6.23. The molecule has 6 nitrogen and oxygen atoms in total. The number of guanidine groups is 1. The van der Waals surface area contributed by atoms with Crippen molar-refractivity contribution in [2.24, 2.45) is 4.99 Å². The van der Waals surface area contributed by atoms with Crippen LogP contribution in [-0.4, -0.2) is 56.0 Å². The summed E-state index contributed by atoms with van der Waals surface area (Å²) in [7, 11) is 1.75. The van der Waals surface area contributed by atoms with E-state index in [0.717, 1.165) is 32.5 Å². The molecular formula is C22H35N5O. The van der Waals surface area contributed by atoms with Crippen LogP contribution in [0.5, 0.6) is 0 Å². The zero-order chi connectivity index (χ0) is 19.6. The van der Waals surface area contributed by atoms with Crippen LogP contribution in [0.3, 0.4) is 0 Å². The third-order valence-corrected chi connectivity index (χ3v) is 5.84. The summed E-state index contributed by atoms with van der Waals surface area (Å²) in [6, 6.07) is 11.3. The largest absolute Gasteiger partial charge is 0.354 e. The molecule has 0 aromatic heterocycles. The quantitative estimate of drug-likeness (QED) is 0.498. The van der Waals surface area contributed by atoms with Crippen LogP contribution in [0, 0.1) is 0 Å². The Bertz CT molecular complexity index is 621. The average Bonchev–Trinajstić information content (AvgIpc) is 3.26. The lowest BCUT2D eigenvalue weighted by atomic mass is 9.95. The number of nitrogens with zero attached hydrogens (tertiary/aromatic N) is 2. The zero-order valence-electron chi connectivity index (χ0n) is 17.1. The fourth-order valence-corrected chi connectivity index (χ4v) is 4.29. The predicted octanol–water partition coefficient (Wildman–Crippen LogP) is 2.44. The predicted molar refractivity (Wildman–Crippen MR) is 114 cm³/mol. The van der Waals surface area contributed by atoms with Crippen LogP contribution in [0.15, 0.2) is 35.3 Å². The molecule has 0 spiro atoms. The SMILES string of the molecule is CN=C(NCC(=O)NC1CCCCC1)NCC(c1ccccc1)N1CCCC1. The number of carbonyl (C=O) groups is 1. The molecule has 1 unspecified atom stereocenters. The van der Waals surface area contributed by atoms with Gasteiger partial charge in [0.25, 0.3) is 0 Å². The monoisotopic (exact) mass is 385 g/mol. The van der Waals surface area contributed by atoms with Gasteiger partial charge in [-0.15, -0.1) is 0 Å². The Balaban J connectivity index is 1.48. The number of hydrogen-bond acceptors (Lipinski definition) is 3. The lowest BCUT2D eigenvalue weighted by molar-refractivity contribution is -0.120. The Labute approximate surface area is 169 Å². The van der Waals surface area contributed by atoms with E-state index in [1.54, 1.807) is 7.05 Å². The van der Waals surface area contributed by atoms with E-state index in [4.69, 9.17) is 0 Å². The van der Waals surface area contributed by atoms with Crippen molar-refractivity contribution in [3.8, 4) is 0 Å². The molecule has 1 saturated heterocycles. The van der Waals surface area contributed by atoms with Gasteiger partial charge < -0.3 is 16.0 Å². The zero-order valence-corrected chi connectivity index (χ0v) is 17.1. The van der Waals surface area contributed by atoms with Gasteiger partial charge in [0.05, 0.1) is 12.6 Å². The number of carbonyl (C=O) groups excluding carboxylic acids is 1. The summed E-state index contributed by atoms with van der Waals surface area (Å²) in [5.41, 5.74) is 1.32. The molecule has 1 amide bonds. The number of benzene rings is 1. The molecule has 154 valence electrons. The van der Waals surface area contributed by atoms with E-state index in [0.29, 0.717) is 18.0 Å². The molecule has 1 saturated carbocycles. The van der Waals surface area contributed by atoms with Crippen molar-refractivity contribution in [1.29, 1.82) is 0 Å². The van der Waals surface area contributed by atoms with Crippen molar-refractivity contribution in [2.45, 2.75) is 57.0 Å². The fourth-order valence-electron chi connectivity index (χ4n) is 4.29. The highest BCUT2D eigenvalue weighted by Gasteiger charge is 2.23. The summed E-state index contributed by atoms with van der Waals surface area (Å²) >= 11 is 0. The average molecular weight is 386 g/mol. The second kappa shape index (κ2) is 11.1. The molecule has 28 heavy (non-hydrogen) atoms. The van der Waals surface area contributed by atoms with Gasteiger partial charge in [0.15, 0.2) is 5.96 Å². The Kier molecular flexibility index (Phi) is 8.15. The highest BCUT2D eigenvalue weighted by Crippen LogP contribution is 2.24. The lowest BCUT2D eigenvalue weighted by Crippen LogP contribution is -2.47. The Morgan fingerprint density at radius 1 is 1.07 bits per heavy atom. The molecule has 0 radical (unpaired) electrons. The Morgan fingerprint density at radius 2 is 1.79 bits per heavy atom. The van der Waals surface area contributed by atoms with Gasteiger partial charge >= 0.3 is 0 Å². The number of aliphatic imine (C=N–C) groups is 1. The van der Waals surface area contributed by atoms with Gasteiger partial charge in [-0.3, -0.25) is 14.7 Å². The second-order valence-electron chi connectivity index (χ2n) is 7.88. The molecule has 1 aliphatic carbocycles. The summed E-state index contributed by atoms with van der Waals surface area (Å²) in [6.45, 7) is 3.30. The van der Waals surface area contributed by atoms with E-state index in [2.05, 4.69) is 56.2 Å². The fraction of sp³-hybridized carbons (Fsp3) is 0.636. The first-order valence-corrected chi connectivity index (χ1v) is 10.8. The summed E-state index contributed by atoms with van der Waals surface area (Å²) < 4.78 is 0. The van der Waals surface area contributed by atoms with Gasteiger partial charge in [0.1, 0.15) is 0 Å². The van der Waals surface area contributed by atoms with Crippen molar-refractivity contribution in [3.05, 3.63) is 35.9 Å². The minimum Gasteiger partial charge on any atom is -0.354 e. The maximum absolute atomic E-state index is 12.2. The first-order valence-electron chi connectivity index (χ1n) is 10.8. The van der Waals surface area contributed by atoms with Crippen LogP contribution in [0.25, 0.3) is 0 Å². The van der Waals surface area contributed by atoms with Gasteiger partial charge in [-0.05, 0) is 44.3 Å². The van der Waals surface area contributed by atoms with Crippen LogP contribution in [-0.2, 0) is 4.79 Å². The van der Waals surface area contributed by atoms with Crippen LogP contribution >= 0.6 is 0 Å². The van der Waals surface area contributed by atoms with Crippen molar-refractivity contribution >= 4 is 11.9 Å². The molecule has 2 fully saturated rings. The summed E-state index contributed by atoms with van der Waals surface area (Å²) in [4.78, 5) is 19.1. The molecule has 0 bridgehead atoms. The Hall–Kier alpha value is -2.08. The molecule has 2 aliphatic rings. The molecule has 3 N–H and O–H groups in total. The van der Waals surface area contributed by atoms with Gasteiger partial charge in [-0.2, -0.15) is 0 Å². The highest BCUT2D eigenvalue weighted by atomic mass is 16.2. The first-order chi connectivity index (χ1) is 13.8. The van der Waals surface area contributed by atoms with E-state index in [1.807, 2.05) is 0 Å². The van der Waals surface area contributed by atoms with Gasteiger partial charge in [-0.1, -0.05) is 49.6 Å². The lowest BCUT2D eigenvalue weighted by Gasteiger charge is -2.29. The molecule has 3 rings (SSSR count). The molecule has 1 heterocycles.